The fraction of sp³-hybridized carbons (Fsp3) is 0.250. The summed E-state index contributed by atoms with van der Waals surface area (Å²) in [5.74, 6) is -0.826. The van der Waals surface area contributed by atoms with Gasteiger partial charge in [0.2, 0.25) is 0 Å². The lowest BCUT2D eigenvalue weighted by Crippen LogP contribution is -2.08. The summed E-state index contributed by atoms with van der Waals surface area (Å²) < 4.78 is 27.0. The molecule has 108 valence electrons. The average molecular weight is 298 g/mol. The Labute approximate surface area is 124 Å². The van der Waals surface area contributed by atoms with Crippen molar-refractivity contribution >= 4 is 12.4 Å². The van der Waals surface area contributed by atoms with Crippen LogP contribution in [0.5, 0.6) is 0 Å². The van der Waals surface area contributed by atoms with Crippen molar-refractivity contribution in [2.45, 2.75) is 20.4 Å². The Balaban J connectivity index is 0.00000200. The van der Waals surface area contributed by atoms with Crippen molar-refractivity contribution in [3.05, 3.63) is 58.7 Å². The molecular weight excluding hydrogens is 280 g/mol. The summed E-state index contributed by atoms with van der Waals surface area (Å²) in [6.07, 6.45) is 0. The smallest absolute Gasteiger partial charge is 0.131 e. The molecule has 0 radical (unpaired) electrons. The predicted octanol–water partition coefficient (Wildman–Crippen LogP) is 4.39. The third kappa shape index (κ3) is 3.35. The summed E-state index contributed by atoms with van der Waals surface area (Å²) in [5.41, 5.74) is 4.37. The van der Waals surface area contributed by atoms with E-state index in [4.69, 9.17) is 0 Å². The molecule has 2 aromatic rings. The first-order chi connectivity index (χ1) is 9.02. The Morgan fingerprint density at radius 2 is 1.60 bits per heavy atom. The van der Waals surface area contributed by atoms with E-state index in [1.165, 1.54) is 11.6 Å². The SMILES string of the molecule is CNCc1c(C)cc(-c2cc(F)ccc2F)cc1C.Cl. The lowest BCUT2D eigenvalue weighted by Gasteiger charge is -2.13. The highest BCUT2D eigenvalue weighted by molar-refractivity contribution is 5.85. The van der Waals surface area contributed by atoms with Gasteiger partial charge in [-0.05, 0) is 61.3 Å². The van der Waals surface area contributed by atoms with Crippen LogP contribution in [-0.4, -0.2) is 7.05 Å². The molecule has 0 aliphatic heterocycles. The molecule has 0 saturated carbocycles. The van der Waals surface area contributed by atoms with Gasteiger partial charge in [-0.1, -0.05) is 12.1 Å². The van der Waals surface area contributed by atoms with Crippen molar-refractivity contribution in [2.75, 3.05) is 7.05 Å². The number of benzene rings is 2. The molecule has 0 fully saturated rings. The van der Waals surface area contributed by atoms with Crippen molar-refractivity contribution < 1.29 is 8.78 Å². The molecule has 0 bridgehead atoms. The second-order valence-electron chi connectivity index (χ2n) is 4.74. The van der Waals surface area contributed by atoms with Crippen LogP contribution < -0.4 is 5.32 Å². The van der Waals surface area contributed by atoms with Crippen LogP contribution in [0.4, 0.5) is 8.78 Å². The zero-order valence-corrected chi connectivity index (χ0v) is 12.6. The standard InChI is InChI=1S/C16H17F2N.ClH/c1-10-6-12(7-11(2)15(10)9-19-3)14-8-13(17)4-5-16(14)18;/h4-8,19H,9H2,1-3H3;1H. The van der Waals surface area contributed by atoms with Crippen LogP contribution in [-0.2, 0) is 6.54 Å². The largest absolute Gasteiger partial charge is 0.316 e. The van der Waals surface area contributed by atoms with E-state index in [2.05, 4.69) is 5.32 Å². The minimum Gasteiger partial charge on any atom is -0.316 e. The molecular formula is C16H18ClF2N. The predicted molar refractivity (Wildman–Crippen MR) is 81.3 cm³/mol. The van der Waals surface area contributed by atoms with E-state index < -0.39 is 11.6 Å². The Hall–Kier alpha value is -1.45. The van der Waals surface area contributed by atoms with E-state index in [1.807, 2.05) is 33.0 Å². The first-order valence-corrected chi connectivity index (χ1v) is 6.23. The van der Waals surface area contributed by atoms with Gasteiger partial charge in [-0.2, -0.15) is 0 Å². The highest BCUT2D eigenvalue weighted by Gasteiger charge is 2.10. The molecule has 2 rings (SSSR count). The molecule has 1 nitrogen and oxygen atoms in total. The maximum absolute atomic E-state index is 13.8. The molecule has 1 N–H and O–H groups in total. The lowest BCUT2D eigenvalue weighted by molar-refractivity contribution is 0.603. The fourth-order valence-corrected chi connectivity index (χ4v) is 2.32. The number of nitrogens with one attached hydrogen (secondary N) is 1. The van der Waals surface area contributed by atoms with E-state index in [1.54, 1.807) is 0 Å². The van der Waals surface area contributed by atoms with Crippen LogP contribution in [0.3, 0.4) is 0 Å². The average Bonchev–Trinajstić information content (AvgIpc) is 2.36. The molecule has 0 spiro atoms. The van der Waals surface area contributed by atoms with Gasteiger partial charge in [-0.3, -0.25) is 0 Å². The summed E-state index contributed by atoms with van der Waals surface area (Å²) in [5, 5.41) is 3.11. The zero-order chi connectivity index (χ0) is 14.0. The van der Waals surface area contributed by atoms with Gasteiger partial charge in [0.1, 0.15) is 11.6 Å². The third-order valence-corrected chi connectivity index (χ3v) is 3.29. The molecule has 0 saturated heterocycles. The van der Waals surface area contributed by atoms with Crippen molar-refractivity contribution in [1.82, 2.24) is 5.32 Å². The van der Waals surface area contributed by atoms with Gasteiger partial charge < -0.3 is 5.32 Å². The second-order valence-corrected chi connectivity index (χ2v) is 4.74. The van der Waals surface area contributed by atoms with Gasteiger partial charge in [0.15, 0.2) is 0 Å². The van der Waals surface area contributed by atoms with Crippen molar-refractivity contribution in [1.29, 1.82) is 0 Å². The minimum atomic E-state index is -0.425. The topological polar surface area (TPSA) is 12.0 Å². The summed E-state index contributed by atoms with van der Waals surface area (Å²) >= 11 is 0. The maximum atomic E-state index is 13.8. The van der Waals surface area contributed by atoms with Crippen molar-refractivity contribution in [3.8, 4) is 11.1 Å². The monoisotopic (exact) mass is 297 g/mol. The molecule has 2 aromatic carbocycles. The molecule has 0 atom stereocenters. The van der Waals surface area contributed by atoms with Gasteiger partial charge in [0, 0.05) is 12.1 Å². The van der Waals surface area contributed by atoms with E-state index in [0.717, 1.165) is 29.8 Å². The van der Waals surface area contributed by atoms with Crippen LogP contribution in [0.15, 0.2) is 30.3 Å². The van der Waals surface area contributed by atoms with E-state index >= 15 is 0 Å². The maximum Gasteiger partial charge on any atom is 0.131 e. The van der Waals surface area contributed by atoms with Crippen LogP contribution in [0.1, 0.15) is 16.7 Å². The van der Waals surface area contributed by atoms with Crippen LogP contribution >= 0.6 is 12.4 Å². The number of aryl methyl sites for hydroxylation is 2. The molecule has 20 heavy (non-hydrogen) atoms. The molecule has 0 unspecified atom stereocenters. The molecule has 0 amide bonds. The Kier molecular flexibility index (Phi) is 5.66. The van der Waals surface area contributed by atoms with Gasteiger partial charge in [0.05, 0.1) is 0 Å². The minimum absolute atomic E-state index is 0. The van der Waals surface area contributed by atoms with E-state index in [0.29, 0.717) is 11.1 Å². The lowest BCUT2D eigenvalue weighted by atomic mass is 9.95. The van der Waals surface area contributed by atoms with Gasteiger partial charge in [0.25, 0.3) is 0 Å². The van der Waals surface area contributed by atoms with Gasteiger partial charge >= 0.3 is 0 Å². The zero-order valence-electron chi connectivity index (χ0n) is 11.8. The first-order valence-electron chi connectivity index (χ1n) is 6.23. The fourth-order valence-electron chi connectivity index (χ4n) is 2.32. The highest BCUT2D eigenvalue weighted by atomic mass is 35.5. The number of hydrogen-bond acceptors (Lipinski definition) is 1. The van der Waals surface area contributed by atoms with Gasteiger partial charge in [-0.25, -0.2) is 8.78 Å². The van der Waals surface area contributed by atoms with Crippen LogP contribution in [0, 0.1) is 25.5 Å². The Bertz CT molecular complexity index is 588. The molecule has 0 aliphatic rings. The number of rotatable bonds is 3. The summed E-state index contributed by atoms with van der Waals surface area (Å²) in [4.78, 5) is 0. The van der Waals surface area contributed by atoms with Crippen molar-refractivity contribution in [3.63, 3.8) is 0 Å². The van der Waals surface area contributed by atoms with Crippen molar-refractivity contribution in [2.24, 2.45) is 0 Å². The molecule has 0 aromatic heterocycles. The molecule has 0 aliphatic carbocycles. The van der Waals surface area contributed by atoms with Crippen LogP contribution in [0.2, 0.25) is 0 Å². The van der Waals surface area contributed by atoms with Gasteiger partial charge in [-0.15, -0.1) is 12.4 Å². The number of hydrogen-bond donors (Lipinski definition) is 1. The van der Waals surface area contributed by atoms with E-state index in [-0.39, 0.29) is 12.4 Å². The highest BCUT2D eigenvalue weighted by Crippen LogP contribution is 2.28. The first kappa shape index (κ1) is 16.6. The molecule has 4 heteroatoms. The third-order valence-electron chi connectivity index (χ3n) is 3.29. The number of halogens is 3. The summed E-state index contributed by atoms with van der Waals surface area (Å²) in [7, 11) is 1.89. The quantitative estimate of drug-likeness (QED) is 0.886. The second kappa shape index (κ2) is 6.82. The molecule has 0 heterocycles. The Morgan fingerprint density at radius 3 is 2.15 bits per heavy atom. The summed E-state index contributed by atoms with van der Waals surface area (Å²) in [6.45, 7) is 4.74. The normalized spacial score (nSPS) is 10.2. The van der Waals surface area contributed by atoms with E-state index in [9.17, 15) is 8.78 Å². The summed E-state index contributed by atoms with van der Waals surface area (Å²) in [6, 6.07) is 7.33. The Morgan fingerprint density at radius 1 is 1.00 bits per heavy atom. The van der Waals surface area contributed by atoms with Crippen LogP contribution in [0.25, 0.3) is 11.1 Å².